The van der Waals surface area contributed by atoms with E-state index in [9.17, 15) is 9.59 Å². The molecule has 1 N–H and O–H groups in total. The summed E-state index contributed by atoms with van der Waals surface area (Å²) in [5.74, 6) is -0.198. The molecule has 3 heterocycles. The summed E-state index contributed by atoms with van der Waals surface area (Å²) in [5.41, 5.74) is 0.762. The van der Waals surface area contributed by atoms with Crippen LogP contribution < -0.4 is 10.7 Å². The molecule has 30 heavy (non-hydrogen) atoms. The van der Waals surface area contributed by atoms with Crippen LogP contribution in [0.4, 0.5) is 5.95 Å². The van der Waals surface area contributed by atoms with Gasteiger partial charge in [0.2, 0.25) is 11.4 Å². The van der Waals surface area contributed by atoms with Crippen molar-refractivity contribution in [1.82, 2.24) is 19.4 Å². The molecule has 1 fully saturated rings. The molecule has 0 unspecified atom stereocenters. The molecule has 0 atom stereocenters. The molecular weight excluding hydrogens is 382 g/mol. The molecule has 0 spiro atoms. The number of nitrogens with zero attached hydrogens (tertiary/aromatic N) is 4. The minimum Gasteiger partial charge on any atom is -0.462 e. The van der Waals surface area contributed by atoms with Crippen LogP contribution in [0.3, 0.4) is 0 Å². The molecule has 3 aromatic rings. The molecule has 8 heteroatoms. The van der Waals surface area contributed by atoms with Crippen molar-refractivity contribution < 1.29 is 9.53 Å². The summed E-state index contributed by atoms with van der Waals surface area (Å²) in [5, 5.41) is 3.52. The van der Waals surface area contributed by atoms with E-state index < -0.39 is 11.4 Å². The van der Waals surface area contributed by atoms with Crippen LogP contribution in [-0.2, 0) is 4.74 Å². The van der Waals surface area contributed by atoms with E-state index in [-0.39, 0.29) is 17.6 Å². The molecule has 4 rings (SSSR count). The van der Waals surface area contributed by atoms with Crippen LogP contribution in [0, 0.1) is 0 Å². The number of likely N-dealkylation sites (tertiary alicyclic amines) is 1. The van der Waals surface area contributed by atoms with Crippen molar-refractivity contribution >= 4 is 23.0 Å². The van der Waals surface area contributed by atoms with Crippen molar-refractivity contribution in [3.8, 4) is 5.69 Å². The van der Waals surface area contributed by atoms with Gasteiger partial charge in [-0.3, -0.25) is 4.79 Å². The second-order valence-electron chi connectivity index (χ2n) is 7.20. The van der Waals surface area contributed by atoms with Crippen LogP contribution >= 0.6 is 0 Å². The summed E-state index contributed by atoms with van der Waals surface area (Å²) in [4.78, 5) is 36.5. The minimum atomic E-state index is -0.651. The van der Waals surface area contributed by atoms with E-state index in [1.54, 1.807) is 11.5 Å². The van der Waals surface area contributed by atoms with Gasteiger partial charge in [-0.05, 0) is 45.0 Å². The quantitative estimate of drug-likeness (QED) is 0.602. The lowest BCUT2D eigenvalue weighted by molar-refractivity contribution is 0.0524. The molecule has 2 aromatic heterocycles. The Hall–Kier alpha value is -3.26. The topological polar surface area (TPSA) is 89.3 Å². The van der Waals surface area contributed by atoms with Crippen LogP contribution in [0.25, 0.3) is 16.7 Å². The lowest BCUT2D eigenvalue weighted by atomic mass is 10.2. The van der Waals surface area contributed by atoms with Crippen molar-refractivity contribution in [3.05, 3.63) is 58.5 Å². The molecular formula is C22H25N5O3. The number of carbonyl (C=O) groups excluding carboxylic acids is 1. The number of carbonyl (C=O) groups is 1. The monoisotopic (exact) mass is 407 g/mol. The van der Waals surface area contributed by atoms with E-state index in [0.29, 0.717) is 11.6 Å². The molecule has 0 saturated carbocycles. The summed E-state index contributed by atoms with van der Waals surface area (Å²) in [6, 6.07) is 9.46. The minimum absolute atomic E-state index is 0.0356. The molecule has 8 nitrogen and oxygen atoms in total. The molecule has 0 bridgehead atoms. The summed E-state index contributed by atoms with van der Waals surface area (Å²) in [6.07, 6.45) is 5.47. The van der Waals surface area contributed by atoms with E-state index >= 15 is 0 Å². The number of benzene rings is 1. The SMILES string of the molecule is CCOC(=O)c1cn(-c2ccccc2)c2nc(NCCN3CCCC3)ncc2c1=O. The highest BCUT2D eigenvalue weighted by Gasteiger charge is 2.19. The van der Waals surface area contributed by atoms with Crippen molar-refractivity contribution in [3.63, 3.8) is 0 Å². The average Bonchev–Trinajstić information content (AvgIpc) is 3.28. The third-order valence-electron chi connectivity index (χ3n) is 5.18. The summed E-state index contributed by atoms with van der Waals surface area (Å²) in [6.45, 7) is 5.81. The first-order valence-electron chi connectivity index (χ1n) is 10.3. The molecule has 1 aromatic carbocycles. The second kappa shape index (κ2) is 9.04. The predicted octanol–water partition coefficient (Wildman–Crippen LogP) is 2.47. The lowest BCUT2D eigenvalue weighted by Gasteiger charge is -2.16. The Morgan fingerprint density at radius 3 is 2.70 bits per heavy atom. The van der Waals surface area contributed by atoms with Gasteiger partial charge in [0, 0.05) is 31.2 Å². The second-order valence-corrected chi connectivity index (χ2v) is 7.20. The van der Waals surface area contributed by atoms with Gasteiger partial charge in [0.05, 0.1) is 12.0 Å². The fourth-order valence-electron chi connectivity index (χ4n) is 3.67. The number of hydrogen-bond donors (Lipinski definition) is 1. The molecule has 0 amide bonds. The fourth-order valence-corrected chi connectivity index (χ4v) is 3.67. The van der Waals surface area contributed by atoms with Crippen LogP contribution in [0.15, 0.2) is 47.5 Å². The standard InChI is InChI=1S/C22H25N5O3/c1-2-30-21(29)18-15-27(16-8-4-3-5-9-16)20-17(19(18)28)14-24-22(25-20)23-10-13-26-11-6-7-12-26/h3-5,8-9,14-15H,2,6-7,10-13H2,1H3,(H,23,24,25). The highest BCUT2D eigenvalue weighted by Crippen LogP contribution is 2.17. The van der Waals surface area contributed by atoms with E-state index in [1.165, 1.54) is 25.2 Å². The highest BCUT2D eigenvalue weighted by atomic mass is 16.5. The van der Waals surface area contributed by atoms with E-state index in [0.717, 1.165) is 31.9 Å². The zero-order chi connectivity index (χ0) is 20.9. The van der Waals surface area contributed by atoms with Gasteiger partial charge >= 0.3 is 5.97 Å². The van der Waals surface area contributed by atoms with Crippen LogP contribution in [-0.4, -0.2) is 58.2 Å². The van der Waals surface area contributed by atoms with E-state index in [2.05, 4.69) is 20.2 Å². The Bertz CT molecular complexity index is 1090. The maximum atomic E-state index is 12.9. The Kier molecular flexibility index (Phi) is 6.04. The first kappa shape index (κ1) is 20.0. The van der Waals surface area contributed by atoms with Gasteiger partial charge in [-0.15, -0.1) is 0 Å². The molecule has 1 aliphatic rings. The summed E-state index contributed by atoms with van der Waals surface area (Å²) >= 11 is 0. The number of hydrogen-bond acceptors (Lipinski definition) is 7. The number of para-hydroxylation sites is 1. The molecule has 156 valence electrons. The number of rotatable bonds is 7. The highest BCUT2D eigenvalue weighted by molar-refractivity contribution is 5.93. The van der Waals surface area contributed by atoms with Crippen molar-refractivity contribution in [2.75, 3.05) is 38.1 Å². The van der Waals surface area contributed by atoms with E-state index in [4.69, 9.17) is 4.74 Å². The van der Waals surface area contributed by atoms with Crippen LogP contribution in [0.1, 0.15) is 30.1 Å². The molecule has 0 aliphatic carbocycles. The third-order valence-corrected chi connectivity index (χ3v) is 5.18. The Balaban J connectivity index is 1.72. The third kappa shape index (κ3) is 4.18. The summed E-state index contributed by atoms with van der Waals surface area (Å²) < 4.78 is 6.80. The largest absolute Gasteiger partial charge is 0.462 e. The fraction of sp³-hybridized carbons (Fsp3) is 0.364. The number of esters is 1. The Labute approximate surface area is 174 Å². The Morgan fingerprint density at radius 2 is 1.97 bits per heavy atom. The van der Waals surface area contributed by atoms with Gasteiger partial charge in [-0.2, -0.15) is 4.98 Å². The van der Waals surface area contributed by atoms with Crippen molar-refractivity contribution in [2.24, 2.45) is 0 Å². The van der Waals surface area contributed by atoms with Crippen LogP contribution in [0.2, 0.25) is 0 Å². The lowest BCUT2D eigenvalue weighted by Crippen LogP contribution is -2.26. The average molecular weight is 407 g/mol. The van der Waals surface area contributed by atoms with Gasteiger partial charge in [0.15, 0.2) is 5.65 Å². The van der Waals surface area contributed by atoms with Gasteiger partial charge in [0.25, 0.3) is 0 Å². The molecule has 1 saturated heterocycles. The smallest absolute Gasteiger partial charge is 0.343 e. The number of aromatic nitrogens is 3. The number of pyridine rings is 1. The van der Waals surface area contributed by atoms with Crippen molar-refractivity contribution in [1.29, 1.82) is 0 Å². The normalized spacial score (nSPS) is 14.2. The van der Waals surface area contributed by atoms with Crippen LogP contribution in [0.5, 0.6) is 0 Å². The molecule has 0 radical (unpaired) electrons. The van der Waals surface area contributed by atoms with Gasteiger partial charge in [-0.25, -0.2) is 9.78 Å². The number of nitrogens with one attached hydrogen (secondary N) is 1. The first-order valence-corrected chi connectivity index (χ1v) is 10.3. The van der Waals surface area contributed by atoms with Gasteiger partial charge in [-0.1, -0.05) is 18.2 Å². The zero-order valence-corrected chi connectivity index (χ0v) is 17.0. The van der Waals surface area contributed by atoms with Crippen molar-refractivity contribution in [2.45, 2.75) is 19.8 Å². The zero-order valence-electron chi connectivity index (χ0n) is 17.0. The number of ether oxygens (including phenoxy) is 1. The maximum Gasteiger partial charge on any atom is 0.343 e. The van der Waals surface area contributed by atoms with Gasteiger partial charge in [0.1, 0.15) is 5.56 Å². The number of anilines is 1. The maximum absolute atomic E-state index is 12.9. The van der Waals surface area contributed by atoms with Gasteiger partial charge < -0.3 is 19.5 Å². The predicted molar refractivity (Wildman–Crippen MR) is 115 cm³/mol. The molecule has 1 aliphatic heterocycles. The number of fused-ring (bicyclic) bond motifs is 1. The Morgan fingerprint density at radius 1 is 1.20 bits per heavy atom. The summed E-state index contributed by atoms with van der Waals surface area (Å²) in [7, 11) is 0. The first-order chi connectivity index (χ1) is 14.7. The van der Waals surface area contributed by atoms with E-state index in [1.807, 2.05) is 30.3 Å².